The first kappa shape index (κ1) is 12.2. The van der Waals surface area contributed by atoms with Gasteiger partial charge in [-0.3, -0.25) is 4.68 Å². The zero-order chi connectivity index (χ0) is 10.3. The number of hydrogen-bond donors (Lipinski definition) is 0. The summed E-state index contributed by atoms with van der Waals surface area (Å²) in [6.45, 7) is 11.5. The fourth-order valence-corrected chi connectivity index (χ4v) is 1.25. The van der Waals surface area contributed by atoms with Crippen LogP contribution in [-0.2, 0) is 13.0 Å². The van der Waals surface area contributed by atoms with Gasteiger partial charge in [-0.05, 0) is 25.3 Å². The fourth-order valence-electron chi connectivity index (χ4n) is 1.25. The van der Waals surface area contributed by atoms with Gasteiger partial charge in [0, 0.05) is 12.7 Å². The molecular weight excluding hydrogens is 160 g/mol. The summed E-state index contributed by atoms with van der Waals surface area (Å²) in [5.41, 5.74) is 2.56. The minimum absolute atomic E-state index is 1.04. The van der Waals surface area contributed by atoms with E-state index in [0.29, 0.717) is 0 Å². The van der Waals surface area contributed by atoms with Crippen LogP contribution in [0.15, 0.2) is 6.20 Å². The number of aryl methyl sites for hydroxylation is 3. The van der Waals surface area contributed by atoms with Gasteiger partial charge in [-0.2, -0.15) is 5.10 Å². The Morgan fingerprint density at radius 1 is 1.31 bits per heavy atom. The molecule has 76 valence electrons. The van der Waals surface area contributed by atoms with E-state index in [4.69, 9.17) is 0 Å². The number of hydrogen-bond acceptors (Lipinski definition) is 1. The lowest BCUT2D eigenvalue weighted by atomic mass is 10.2. The quantitative estimate of drug-likeness (QED) is 0.702. The highest BCUT2D eigenvalue weighted by Gasteiger charge is 2.00. The van der Waals surface area contributed by atoms with Crippen molar-refractivity contribution in [3.63, 3.8) is 0 Å². The minimum atomic E-state index is 1.04. The lowest BCUT2D eigenvalue weighted by Gasteiger charge is -1.94. The zero-order valence-electron chi connectivity index (χ0n) is 9.59. The maximum absolute atomic E-state index is 4.39. The van der Waals surface area contributed by atoms with Crippen molar-refractivity contribution >= 4 is 0 Å². The second kappa shape index (κ2) is 6.70. The predicted octanol–water partition coefficient (Wildman–Crippen LogP) is 3.19. The molecular formula is C11H22N2. The summed E-state index contributed by atoms with van der Waals surface area (Å²) in [5, 5.41) is 4.39. The van der Waals surface area contributed by atoms with Crippen LogP contribution in [0.2, 0.25) is 0 Å². The molecule has 0 amide bonds. The smallest absolute Gasteiger partial charge is 0.0625 e. The van der Waals surface area contributed by atoms with Crippen molar-refractivity contribution in [3.05, 3.63) is 17.5 Å². The summed E-state index contributed by atoms with van der Waals surface area (Å²) in [6.07, 6.45) is 4.40. The third-order valence-electron chi connectivity index (χ3n) is 1.88. The Labute approximate surface area is 82.0 Å². The average Bonchev–Trinajstić information content (AvgIpc) is 2.50. The molecule has 0 N–H and O–H groups in total. The van der Waals surface area contributed by atoms with Crippen LogP contribution in [0.5, 0.6) is 0 Å². The van der Waals surface area contributed by atoms with Crippen LogP contribution < -0.4 is 0 Å². The van der Waals surface area contributed by atoms with Crippen LogP contribution in [0.3, 0.4) is 0 Å². The first-order chi connectivity index (χ1) is 6.27. The number of rotatable bonds is 3. The standard InChI is InChI=1S/C9H16N2.C2H6/c1-4-6-11-7-9(5-2)8(3)10-11;1-2/h7H,4-6H2,1-3H3;1-2H3. The first-order valence-corrected chi connectivity index (χ1v) is 5.30. The van der Waals surface area contributed by atoms with Crippen LogP contribution >= 0.6 is 0 Å². The highest BCUT2D eigenvalue weighted by Crippen LogP contribution is 2.05. The van der Waals surface area contributed by atoms with E-state index in [-0.39, 0.29) is 0 Å². The van der Waals surface area contributed by atoms with Crippen LogP contribution in [0.25, 0.3) is 0 Å². The van der Waals surface area contributed by atoms with Gasteiger partial charge in [0.2, 0.25) is 0 Å². The molecule has 0 aromatic carbocycles. The van der Waals surface area contributed by atoms with Gasteiger partial charge in [0.15, 0.2) is 0 Å². The van der Waals surface area contributed by atoms with E-state index in [0.717, 1.165) is 19.4 Å². The SMILES string of the molecule is CC.CCCn1cc(CC)c(C)n1. The Morgan fingerprint density at radius 3 is 2.31 bits per heavy atom. The van der Waals surface area contributed by atoms with E-state index in [9.17, 15) is 0 Å². The molecule has 0 aliphatic heterocycles. The molecule has 0 fully saturated rings. The molecule has 13 heavy (non-hydrogen) atoms. The van der Waals surface area contributed by atoms with Gasteiger partial charge in [0.25, 0.3) is 0 Å². The number of aromatic nitrogens is 2. The third kappa shape index (κ3) is 3.62. The highest BCUT2D eigenvalue weighted by molar-refractivity contribution is 5.14. The summed E-state index contributed by atoms with van der Waals surface area (Å²) < 4.78 is 2.04. The summed E-state index contributed by atoms with van der Waals surface area (Å²) in [6, 6.07) is 0. The van der Waals surface area contributed by atoms with E-state index in [1.165, 1.54) is 11.3 Å². The zero-order valence-corrected chi connectivity index (χ0v) is 9.59. The Bertz CT molecular complexity index is 226. The lowest BCUT2D eigenvalue weighted by molar-refractivity contribution is 0.598. The second-order valence-corrected chi connectivity index (χ2v) is 2.86. The second-order valence-electron chi connectivity index (χ2n) is 2.86. The topological polar surface area (TPSA) is 17.8 Å². The monoisotopic (exact) mass is 182 g/mol. The van der Waals surface area contributed by atoms with Gasteiger partial charge >= 0.3 is 0 Å². The van der Waals surface area contributed by atoms with Crippen LogP contribution in [0.4, 0.5) is 0 Å². The van der Waals surface area contributed by atoms with Crippen molar-refractivity contribution in [3.8, 4) is 0 Å². The largest absolute Gasteiger partial charge is 0.272 e. The maximum Gasteiger partial charge on any atom is 0.0625 e. The molecule has 0 aliphatic carbocycles. The van der Waals surface area contributed by atoms with Crippen LogP contribution in [-0.4, -0.2) is 9.78 Å². The summed E-state index contributed by atoms with van der Waals surface area (Å²) in [5.74, 6) is 0. The Hall–Kier alpha value is -0.790. The normalized spacial score (nSPS) is 9.31. The number of nitrogens with zero attached hydrogens (tertiary/aromatic N) is 2. The van der Waals surface area contributed by atoms with Gasteiger partial charge in [0.1, 0.15) is 0 Å². The average molecular weight is 182 g/mol. The van der Waals surface area contributed by atoms with Crippen molar-refractivity contribution in [2.45, 2.75) is 54.0 Å². The molecule has 2 heteroatoms. The van der Waals surface area contributed by atoms with Gasteiger partial charge in [-0.25, -0.2) is 0 Å². The van der Waals surface area contributed by atoms with E-state index in [1.807, 2.05) is 18.5 Å². The lowest BCUT2D eigenvalue weighted by Crippen LogP contribution is -1.96. The van der Waals surface area contributed by atoms with Crippen LogP contribution in [0.1, 0.15) is 45.4 Å². The molecule has 0 atom stereocenters. The van der Waals surface area contributed by atoms with Crippen molar-refractivity contribution in [1.82, 2.24) is 9.78 Å². The van der Waals surface area contributed by atoms with E-state index >= 15 is 0 Å². The van der Waals surface area contributed by atoms with Crippen molar-refractivity contribution < 1.29 is 0 Å². The molecule has 1 aromatic rings. The molecule has 1 aromatic heterocycles. The molecule has 0 unspecified atom stereocenters. The van der Waals surface area contributed by atoms with Crippen molar-refractivity contribution in [2.75, 3.05) is 0 Å². The molecule has 0 aliphatic rings. The van der Waals surface area contributed by atoms with Crippen LogP contribution in [0, 0.1) is 6.92 Å². The molecule has 0 bridgehead atoms. The molecule has 1 rings (SSSR count). The van der Waals surface area contributed by atoms with Gasteiger partial charge < -0.3 is 0 Å². The van der Waals surface area contributed by atoms with E-state index < -0.39 is 0 Å². The van der Waals surface area contributed by atoms with E-state index in [1.54, 1.807) is 0 Å². The van der Waals surface area contributed by atoms with E-state index in [2.05, 4.69) is 32.1 Å². The summed E-state index contributed by atoms with van der Waals surface area (Å²) >= 11 is 0. The molecule has 0 radical (unpaired) electrons. The van der Waals surface area contributed by atoms with Gasteiger partial charge in [0.05, 0.1) is 5.69 Å². The summed E-state index contributed by atoms with van der Waals surface area (Å²) in [7, 11) is 0. The highest BCUT2D eigenvalue weighted by atomic mass is 15.3. The Morgan fingerprint density at radius 2 is 1.92 bits per heavy atom. The maximum atomic E-state index is 4.39. The minimum Gasteiger partial charge on any atom is -0.272 e. The van der Waals surface area contributed by atoms with Crippen molar-refractivity contribution in [2.24, 2.45) is 0 Å². The fraction of sp³-hybridized carbons (Fsp3) is 0.727. The van der Waals surface area contributed by atoms with Gasteiger partial charge in [-0.15, -0.1) is 0 Å². The molecule has 0 saturated heterocycles. The molecule has 0 spiro atoms. The third-order valence-corrected chi connectivity index (χ3v) is 1.88. The summed E-state index contributed by atoms with van der Waals surface area (Å²) in [4.78, 5) is 0. The Kier molecular flexibility index (Phi) is 6.29. The van der Waals surface area contributed by atoms with Gasteiger partial charge in [-0.1, -0.05) is 27.7 Å². The molecule has 1 heterocycles. The first-order valence-electron chi connectivity index (χ1n) is 5.30. The molecule has 2 nitrogen and oxygen atoms in total. The Balaban J connectivity index is 0.000000671. The molecule has 0 saturated carbocycles. The predicted molar refractivity (Wildman–Crippen MR) is 58.0 cm³/mol. The van der Waals surface area contributed by atoms with Crippen molar-refractivity contribution in [1.29, 1.82) is 0 Å².